The number of carbonyl (C=O) groups is 1. The Morgan fingerprint density at radius 1 is 1.14 bits per heavy atom. The van der Waals surface area contributed by atoms with Crippen molar-refractivity contribution in [2.45, 2.75) is 11.3 Å². The lowest BCUT2D eigenvalue weighted by molar-refractivity contribution is -0.115. The average Bonchev–Trinajstić information content (AvgIpc) is 3.15. The van der Waals surface area contributed by atoms with Gasteiger partial charge in [-0.1, -0.05) is 28.8 Å². The van der Waals surface area contributed by atoms with Crippen LogP contribution in [-0.4, -0.2) is 37.4 Å². The first-order valence-electron chi connectivity index (χ1n) is 8.14. The van der Waals surface area contributed by atoms with Crippen molar-refractivity contribution in [3.8, 4) is 17.2 Å². The molecule has 0 fully saturated rings. The largest absolute Gasteiger partial charge is 0.497 e. The first kappa shape index (κ1) is 19.8. The SMILES string of the molecule is COc1ccc(S(=O)(=O)CCC(=O)Nc2nnc(-c3ccccc3Cl)o2)cc1. The third-order valence-corrected chi connectivity index (χ3v) is 5.85. The number of hydrogen-bond donors (Lipinski definition) is 1. The van der Waals surface area contributed by atoms with E-state index >= 15 is 0 Å². The Labute approximate surface area is 166 Å². The van der Waals surface area contributed by atoms with Crippen LogP contribution in [0.25, 0.3) is 11.5 Å². The van der Waals surface area contributed by atoms with Crippen LogP contribution in [0.15, 0.2) is 57.8 Å². The van der Waals surface area contributed by atoms with Crippen molar-refractivity contribution in [3.63, 3.8) is 0 Å². The van der Waals surface area contributed by atoms with Gasteiger partial charge in [0.2, 0.25) is 5.91 Å². The Morgan fingerprint density at radius 3 is 2.54 bits per heavy atom. The molecule has 1 aromatic heterocycles. The summed E-state index contributed by atoms with van der Waals surface area (Å²) in [5.41, 5.74) is 0.527. The second-order valence-electron chi connectivity index (χ2n) is 5.68. The summed E-state index contributed by atoms with van der Waals surface area (Å²) in [5, 5.41) is 10.4. The zero-order valence-electron chi connectivity index (χ0n) is 14.8. The molecule has 3 aromatic rings. The van der Waals surface area contributed by atoms with E-state index in [1.807, 2.05) is 0 Å². The summed E-state index contributed by atoms with van der Waals surface area (Å²) in [7, 11) is -2.13. The summed E-state index contributed by atoms with van der Waals surface area (Å²) in [6, 6.07) is 12.7. The number of rotatable bonds is 7. The quantitative estimate of drug-likeness (QED) is 0.623. The minimum Gasteiger partial charge on any atom is -0.497 e. The van der Waals surface area contributed by atoms with Crippen LogP contribution in [0.3, 0.4) is 0 Å². The normalized spacial score (nSPS) is 11.2. The monoisotopic (exact) mass is 421 g/mol. The fraction of sp³-hybridized carbons (Fsp3) is 0.167. The van der Waals surface area contributed by atoms with Gasteiger partial charge in [-0.2, -0.15) is 0 Å². The lowest BCUT2D eigenvalue weighted by atomic mass is 10.2. The predicted molar refractivity (Wildman–Crippen MR) is 103 cm³/mol. The van der Waals surface area contributed by atoms with Crippen molar-refractivity contribution < 1.29 is 22.4 Å². The van der Waals surface area contributed by atoms with E-state index in [1.54, 1.807) is 36.4 Å². The number of nitrogens with zero attached hydrogens (tertiary/aromatic N) is 2. The number of benzene rings is 2. The van der Waals surface area contributed by atoms with Crippen LogP contribution >= 0.6 is 11.6 Å². The summed E-state index contributed by atoms with van der Waals surface area (Å²) in [5.74, 6) is -0.239. The van der Waals surface area contributed by atoms with E-state index in [4.69, 9.17) is 20.8 Å². The Balaban J connectivity index is 1.60. The van der Waals surface area contributed by atoms with Gasteiger partial charge >= 0.3 is 6.01 Å². The number of nitrogens with one attached hydrogen (secondary N) is 1. The molecular weight excluding hydrogens is 406 g/mol. The van der Waals surface area contributed by atoms with Crippen LogP contribution in [-0.2, 0) is 14.6 Å². The molecule has 8 nitrogen and oxygen atoms in total. The Bertz CT molecular complexity index is 1080. The van der Waals surface area contributed by atoms with Crippen molar-refractivity contribution in [1.29, 1.82) is 0 Å². The first-order chi connectivity index (χ1) is 13.4. The molecule has 0 saturated heterocycles. The maximum atomic E-state index is 12.3. The van der Waals surface area contributed by atoms with Crippen molar-refractivity contribution in [2.75, 3.05) is 18.2 Å². The highest BCUT2D eigenvalue weighted by molar-refractivity contribution is 7.91. The minimum atomic E-state index is -3.62. The molecule has 0 aliphatic heterocycles. The maximum Gasteiger partial charge on any atom is 0.322 e. The molecule has 0 atom stereocenters. The minimum absolute atomic E-state index is 0.111. The zero-order chi connectivity index (χ0) is 20.1. The first-order valence-corrected chi connectivity index (χ1v) is 10.2. The van der Waals surface area contributed by atoms with Gasteiger partial charge in [-0.15, -0.1) is 5.10 Å². The number of amides is 1. The fourth-order valence-corrected chi connectivity index (χ4v) is 3.78. The molecule has 28 heavy (non-hydrogen) atoms. The van der Waals surface area contributed by atoms with Gasteiger partial charge in [-0.3, -0.25) is 10.1 Å². The lowest BCUT2D eigenvalue weighted by Crippen LogP contribution is -2.17. The molecule has 146 valence electrons. The van der Waals surface area contributed by atoms with Gasteiger partial charge in [0.05, 0.1) is 28.3 Å². The van der Waals surface area contributed by atoms with E-state index < -0.39 is 15.7 Å². The molecule has 3 rings (SSSR count). The molecule has 0 saturated carbocycles. The molecule has 1 N–H and O–H groups in total. The summed E-state index contributed by atoms with van der Waals surface area (Å²) in [6.07, 6.45) is -0.266. The van der Waals surface area contributed by atoms with E-state index in [0.717, 1.165) is 0 Å². The summed E-state index contributed by atoms with van der Waals surface area (Å²) < 4.78 is 35.0. The number of anilines is 1. The highest BCUT2D eigenvalue weighted by Crippen LogP contribution is 2.27. The van der Waals surface area contributed by atoms with Crippen molar-refractivity contribution in [1.82, 2.24) is 10.2 Å². The second kappa shape index (κ2) is 8.41. The van der Waals surface area contributed by atoms with Crippen LogP contribution in [0.4, 0.5) is 6.01 Å². The van der Waals surface area contributed by atoms with Crippen LogP contribution in [0.2, 0.25) is 5.02 Å². The highest BCUT2D eigenvalue weighted by atomic mass is 35.5. The van der Waals surface area contributed by atoms with Crippen LogP contribution in [0.5, 0.6) is 5.75 Å². The molecule has 0 unspecified atom stereocenters. The molecule has 0 radical (unpaired) electrons. The Hall–Kier alpha value is -2.91. The van der Waals surface area contributed by atoms with Gasteiger partial charge in [0.25, 0.3) is 5.89 Å². The highest BCUT2D eigenvalue weighted by Gasteiger charge is 2.18. The molecule has 0 aliphatic rings. The number of hydrogen-bond acceptors (Lipinski definition) is 7. The summed E-state index contributed by atoms with van der Waals surface area (Å²) >= 11 is 6.06. The number of carbonyl (C=O) groups excluding carboxylic acids is 1. The summed E-state index contributed by atoms with van der Waals surface area (Å²) in [6.45, 7) is 0. The zero-order valence-corrected chi connectivity index (χ0v) is 16.3. The third-order valence-electron chi connectivity index (χ3n) is 3.79. The third kappa shape index (κ3) is 4.68. The fourth-order valence-electron chi connectivity index (χ4n) is 2.33. The van der Waals surface area contributed by atoms with E-state index in [9.17, 15) is 13.2 Å². The van der Waals surface area contributed by atoms with E-state index in [-0.39, 0.29) is 29.0 Å². The summed E-state index contributed by atoms with van der Waals surface area (Å²) in [4.78, 5) is 12.2. The smallest absolute Gasteiger partial charge is 0.322 e. The number of sulfone groups is 1. The maximum absolute atomic E-state index is 12.3. The van der Waals surface area contributed by atoms with Crippen LogP contribution in [0.1, 0.15) is 6.42 Å². The topological polar surface area (TPSA) is 111 Å². The molecule has 1 heterocycles. The van der Waals surface area contributed by atoms with Gasteiger partial charge < -0.3 is 9.15 Å². The van der Waals surface area contributed by atoms with Gasteiger partial charge in [0.15, 0.2) is 9.84 Å². The average molecular weight is 422 g/mol. The van der Waals surface area contributed by atoms with Gasteiger partial charge in [-0.05, 0) is 36.4 Å². The Kier molecular flexibility index (Phi) is 5.96. The standard InChI is InChI=1S/C18H16ClN3O5S/c1-26-12-6-8-13(9-7-12)28(24,25)11-10-16(23)20-18-22-21-17(27-18)14-4-2-3-5-15(14)19/h2-9H,10-11H2,1H3,(H,20,22,23). The molecular formula is C18H16ClN3O5S. The number of halogens is 1. The molecule has 2 aromatic carbocycles. The van der Waals surface area contributed by atoms with E-state index in [1.165, 1.54) is 19.2 Å². The van der Waals surface area contributed by atoms with Crippen molar-refractivity contribution >= 4 is 33.4 Å². The van der Waals surface area contributed by atoms with Crippen LogP contribution < -0.4 is 10.1 Å². The van der Waals surface area contributed by atoms with Gasteiger partial charge in [0.1, 0.15) is 5.75 Å². The Morgan fingerprint density at radius 2 is 1.86 bits per heavy atom. The van der Waals surface area contributed by atoms with Crippen molar-refractivity contribution in [2.24, 2.45) is 0 Å². The van der Waals surface area contributed by atoms with Crippen LogP contribution in [0, 0.1) is 0 Å². The molecule has 0 aliphatic carbocycles. The molecule has 1 amide bonds. The van der Waals surface area contributed by atoms with Gasteiger partial charge in [-0.25, -0.2) is 8.42 Å². The van der Waals surface area contributed by atoms with E-state index in [0.29, 0.717) is 16.3 Å². The van der Waals surface area contributed by atoms with Crippen molar-refractivity contribution in [3.05, 3.63) is 53.6 Å². The number of ether oxygens (including phenoxy) is 1. The molecule has 0 bridgehead atoms. The number of aromatic nitrogens is 2. The molecule has 0 spiro atoms. The van der Waals surface area contributed by atoms with E-state index in [2.05, 4.69) is 15.5 Å². The van der Waals surface area contributed by atoms with Gasteiger partial charge in [0, 0.05) is 6.42 Å². The number of methoxy groups -OCH3 is 1. The lowest BCUT2D eigenvalue weighted by Gasteiger charge is -2.05. The second-order valence-corrected chi connectivity index (χ2v) is 8.20. The molecule has 10 heteroatoms. The predicted octanol–water partition coefficient (Wildman–Crippen LogP) is 3.20.